The van der Waals surface area contributed by atoms with Crippen LogP contribution in [0.15, 0.2) is 6.07 Å². The molecule has 4 heteroatoms. The van der Waals surface area contributed by atoms with E-state index in [9.17, 15) is 4.39 Å². The summed E-state index contributed by atoms with van der Waals surface area (Å²) < 4.78 is 12.9. The molecule has 1 aliphatic carbocycles. The van der Waals surface area contributed by atoms with Crippen molar-refractivity contribution in [2.24, 2.45) is 5.84 Å². The fourth-order valence-electron chi connectivity index (χ4n) is 1.80. The Labute approximate surface area is 76.1 Å². The molecule has 1 aromatic heterocycles. The molecule has 3 N–H and O–H groups in total. The van der Waals surface area contributed by atoms with Gasteiger partial charge in [-0.1, -0.05) is 0 Å². The molecule has 3 nitrogen and oxygen atoms in total. The first-order valence-electron chi connectivity index (χ1n) is 4.46. The summed E-state index contributed by atoms with van der Waals surface area (Å²) in [5.74, 6) is 4.85. The van der Waals surface area contributed by atoms with Crippen molar-refractivity contribution in [2.75, 3.05) is 5.43 Å². The number of halogens is 1. The second kappa shape index (κ2) is 3.30. The minimum Gasteiger partial charge on any atom is -0.324 e. The van der Waals surface area contributed by atoms with Crippen LogP contribution in [0.25, 0.3) is 0 Å². The van der Waals surface area contributed by atoms with Crippen molar-refractivity contribution in [1.82, 2.24) is 4.98 Å². The van der Waals surface area contributed by atoms with Gasteiger partial charge in [-0.2, -0.15) is 4.39 Å². The zero-order chi connectivity index (χ0) is 9.26. The molecular weight excluding hydrogens is 169 g/mol. The summed E-state index contributed by atoms with van der Waals surface area (Å²) in [6.07, 6.45) is 4.03. The van der Waals surface area contributed by atoms with Crippen LogP contribution in [0.3, 0.4) is 0 Å². The number of nitrogens with two attached hydrogens (primary N) is 1. The number of anilines is 1. The first-order chi connectivity index (χ1) is 6.31. The number of nitrogens with zero attached hydrogens (tertiary/aromatic N) is 1. The van der Waals surface area contributed by atoms with Gasteiger partial charge in [0.2, 0.25) is 5.95 Å². The Kier molecular flexibility index (Phi) is 2.14. The van der Waals surface area contributed by atoms with Gasteiger partial charge in [0.25, 0.3) is 0 Å². The number of aromatic nitrogens is 1. The zero-order valence-electron chi connectivity index (χ0n) is 7.31. The highest BCUT2D eigenvalue weighted by atomic mass is 19.1. The number of hydrogen-bond acceptors (Lipinski definition) is 3. The van der Waals surface area contributed by atoms with Gasteiger partial charge >= 0.3 is 0 Å². The lowest BCUT2D eigenvalue weighted by Crippen LogP contribution is -2.15. The van der Waals surface area contributed by atoms with Crippen molar-refractivity contribution >= 4 is 5.69 Å². The number of pyridine rings is 1. The highest BCUT2D eigenvalue weighted by Crippen LogP contribution is 2.26. The predicted molar refractivity (Wildman–Crippen MR) is 48.6 cm³/mol. The van der Waals surface area contributed by atoms with Gasteiger partial charge in [-0.3, -0.25) is 5.84 Å². The molecule has 0 fully saturated rings. The van der Waals surface area contributed by atoms with E-state index in [-0.39, 0.29) is 0 Å². The summed E-state index contributed by atoms with van der Waals surface area (Å²) in [7, 11) is 0. The Morgan fingerprint density at radius 1 is 1.38 bits per heavy atom. The van der Waals surface area contributed by atoms with E-state index in [0.717, 1.165) is 36.9 Å². The van der Waals surface area contributed by atoms with Crippen molar-refractivity contribution in [3.63, 3.8) is 0 Å². The van der Waals surface area contributed by atoms with Crippen molar-refractivity contribution in [2.45, 2.75) is 25.7 Å². The van der Waals surface area contributed by atoms with E-state index in [0.29, 0.717) is 5.69 Å². The van der Waals surface area contributed by atoms with Crippen molar-refractivity contribution in [3.05, 3.63) is 23.3 Å². The summed E-state index contributed by atoms with van der Waals surface area (Å²) >= 11 is 0. The Hall–Kier alpha value is -1.16. The molecule has 0 aliphatic heterocycles. The van der Waals surface area contributed by atoms with E-state index in [4.69, 9.17) is 5.84 Å². The molecule has 2 rings (SSSR count). The maximum absolute atomic E-state index is 12.9. The molecule has 0 saturated heterocycles. The van der Waals surface area contributed by atoms with Gasteiger partial charge in [0, 0.05) is 11.8 Å². The second-order valence-corrected chi connectivity index (χ2v) is 3.27. The molecule has 0 bridgehead atoms. The molecule has 0 saturated carbocycles. The van der Waals surface area contributed by atoms with Crippen LogP contribution in [0.4, 0.5) is 10.1 Å². The number of fused-ring (bicyclic) bond motifs is 1. The van der Waals surface area contributed by atoms with Crippen LogP contribution in [-0.2, 0) is 12.8 Å². The summed E-state index contributed by atoms with van der Waals surface area (Å²) in [4.78, 5) is 3.86. The highest BCUT2D eigenvalue weighted by molar-refractivity contribution is 5.52. The molecule has 0 aromatic carbocycles. The molecule has 0 radical (unpaired) electrons. The van der Waals surface area contributed by atoms with Gasteiger partial charge in [-0.05, 0) is 31.2 Å². The highest BCUT2D eigenvalue weighted by Gasteiger charge is 2.15. The number of hydrazine groups is 1. The SMILES string of the molecule is NNc1cc(F)nc2c1CCCC2. The average molecular weight is 181 g/mol. The minimum atomic E-state index is -0.450. The Bertz CT molecular complexity index is 308. The van der Waals surface area contributed by atoms with Gasteiger partial charge in [-0.15, -0.1) is 0 Å². The molecule has 0 unspecified atom stereocenters. The Morgan fingerprint density at radius 2 is 2.15 bits per heavy atom. The summed E-state index contributed by atoms with van der Waals surface area (Å²) in [5.41, 5.74) is 5.14. The van der Waals surface area contributed by atoms with Crippen LogP contribution in [0.5, 0.6) is 0 Å². The van der Waals surface area contributed by atoms with E-state index in [2.05, 4.69) is 10.4 Å². The molecular formula is C9H12FN3. The molecule has 13 heavy (non-hydrogen) atoms. The maximum atomic E-state index is 12.9. The number of rotatable bonds is 1. The Morgan fingerprint density at radius 3 is 2.92 bits per heavy atom. The van der Waals surface area contributed by atoms with Crippen molar-refractivity contribution in [3.8, 4) is 0 Å². The fraction of sp³-hybridized carbons (Fsp3) is 0.444. The van der Waals surface area contributed by atoms with Crippen LogP contribution < -0.4 is 11.3 Å². The lowest BCUT2D eigenvalue weighted by molar-refractivity contribution is 0.562. The van der Waals surface area contributed by atoms with Crippen LogP contribution >= 0.6 is 0 Å². The third-order valence-corrected chi connectivity index (χ3v) is 2.42. The summed E-state index contributed by atoms with van der Waals surface area (Å²) in [6.45, 7) is 0. The number of hydrogen-bond donors (Lipinski definition) is 2. The second-order valence-electron chi connectivity index (χ2n) is 3.27. The minimum absolute atomic E-state index is 0.450. The van der Waals surface area contributed by atoms with Gasteiger partial charge < -0.3 is 5.43 Å². The van der Waals surface area contributed by atoms with E-state index >= 15 is 0 Å². The maximum Gasteiger partial charge on any atom is 0.215 e. The first kappa shape index (κ1) is 8.44. The van der Waals surface area contributed by atoms with E-state index < -0.39 is 5.95 Å². The third kappa shape index (κ3) is 1.49. The third-order valence-electron chi connectivity index (χ3n) is 2.42. The largest absolute Gasteiger partial charge is 0.324 e. The van der Waals surface area contributed by atoms with Crippen LogP contribution in [0.2, 0.25) is 0 Å². The van der Waals surface area contributed by atoms with E-state index in [1.54, 1.807) is 0 Å². The molecule has 70 valence electrons. The predicted octanol–water partition coefficient (Wildman–Crippen LogP) is 1.39. The summed E-state index contributed by atoms with van der Waals surface area (Å²) in [5, 5.41) is 0. The molecule has 0 spiro atoms. The van der Waals surface area contributed by atoms with Gasteiger partial charge in [-0.25, -0.2) is 4.98 Å². The molecule has 1 aromatic rings. The fourth-order valence-corrected chi connectivity index (χ4v) is 1.80. The Balaban J connectivity index is 2.50. The number of nitrogens with one attached hydrogen (secondary N) is 1. The van der Waals surface area contributed by atoms with E-state index in [1.165, 1.54) is 6.07 Å². The normalized spacial score (nSPS) is 15.2. The van der Waals surface area contributed by atoms with Crippen molar-refractivity contribution < 1.29 is 4.39 Å². The van der Waals surface area contributed by atoms with Gasteiger partial charge in [0.15, 0.2) is 0 Å². The number of aryl methyl sites for hydroxylation is 1. The van der Waals surface area contributed by atoms with Gasteiger partial charge in [0.05, 0.1) is 5.69 Å². The topological polar surface area (TPSA) is 50.9 Å². The smallest absolute Gasteiger partial charge is 0.215 e. The average Bonchev–Trinajstić information content (AvgIpc) is 2.16. The zero-order valence-corrected chi connectivity index (χ0v) is 7.31. The lowest BCUT2D eigenvalue weighted by Gasteiger charge is -2.17. The molecule has 1 heterocycles. The van der Waals surface area contributed by atoms with Gasteiger partial charge in [0.1, 0.15) is 0 Å². The lowest BCUT2D eigenvalue weighted by atomic mass is 9.95. The first-order valence-corrected chi connectivity index (χ1v) is 4.46. The van der Waals surface area contributed by atoms with Crippen LogP contribution in [0, 0.1) is 5.95 Å². The molecule has 0 amide bonds. The summed E-state index contributed by atoms with van der Waals surface area (Å²) in [6, 6.07) is 1.35. The molecule has 1 aliphatic rings. The monoisotopic (exact) mass is 181 g/mol. The quantitative estimate of drug-likeness (QED) is 0.391. The van der Waals surface area contributed by atoms with Crippen molar-refractivity contribution in [1.29, 1.82) is 0 Å². The van der Waals surface area contributed by atoms with Crippen LogP contribution in [-0.4, -0.2) is 4.98 Å². The van der Waals surface area contributed by atoms with E-state index in [1.807, 2.05) is 0 Å². The molecule has 0 atom stereocenters. The number of nitrogen functional groups attached to an aromatic ring is 1. The standard InChI is InChI=1S/C9H12FN3/c10-9-5-8(13-11)6-3-1-2-4-7(6)12-9/h5H,1-4,11H2,(H,12,13). The van der Waals surface area contributed by atoms with Crippen LogP contribution in [0.1, 0.15) is 24.1 Å².